The Labute approximate surface area is 135 Å². The molecule has 1 atom stereocenters. The maximum Gasteiger partial charge on any atom is 0.410 e. The summed E-state index contributed by atoms with van der Waals surface area (Å²) >= 11 is 0. The van der Waals surface area contributed by atoms with E-state index < -0.39 is 5.60 Å². The van der Waals surface area contributed by atoms with E-state index in [1.165, 1.54) is 0 Å². The fourth-order valence-corrected chi connectivity index (χ4v) is 2.65. The van der Waals surface area contributed by atoms with Crippen LogP contribution < -0.4 is 0 Å². The number of ether oxygens (including phenoxy) is 1. The Morgan fingerprint density at radius 1 is 1.48 bits per heavy atom. The summed E-state index contributed by atoms with van der Waals surface area (Å²) in [4.78, 5) is 21.4. The van der Waals surface area contributed by atoms with Crippen LogP contribution in [0.2, 0.25) is 0 Å². The van der Waals surface area contributed by atoms with Gasteiger partial charge in [0.25, 0.3) is 5.89 Å². The van der Waals surface area contributed by atoms with Gasteiger partial charge in [-0.25, -0.2) is 4.79 Å². The van der Waals surface area contributed by atoms with Gasteiger partial charge in [-0.15, -0.1) is 0 Å². The molecule has 0 spiro atoms. The van der Waals surface area contributed by atoms with E-state index in [4.69, 9.17) is 9.26 Å². The van der Waals surface area contributed by atoms with Crippen molar-refractivity contribution >= 4 is 6.09 Å². The molecule has 0 aromatic carbocycles. The number of hydrogen-bond donors (Lipinski definition) is 1. The lowest BCUT2D eigenvalue weighted by Crippen LogP contribution is -2.42. The number of likely N-dealkylation sites (tertiary alicyclic amines) is 1. The molecular weight excluding hydrogens is 296 g/mol. The largest absolute Gasteiger partial charge is 0.444 e. The van der Waals surface area contributed by atoms with Crippen molar-refractivity contribution in [3.63, 3.8) is 0 Å². The monoisotopic (exact) mass is 318 g/mol. The number of rotatable bonds is 2. The van der Waals surface area contributed by atoms with Crippen LogP contribution in [0.3, 0.4) is 0 Å². The highest BCUT2D eigenvalue weighted by molar-refractivity contribution is 5.68. The minimum absolute atomic E-state index is 0.0729. The summed E-state index contributed by atoms with van der Waals surface area (Å²) < 4.78 is 10.8. The molecule has 1 amide bonds. The number of H-pyrrole nitrogens is 1. The highest BCUT2D eigenvalue weighted by atomic mass is 16.6. The van der Waals surface area contributed by atoms with Gasteiger partial charge >= 0.3 is 6.09 Å². The maximum atomic E-state index is 12.2. The first-order chi connectivity index (χ1) is 10.9. The third-order valence-corrected chi connectivity index (χ3v) is 3.71. The van der Waals surface area contributed by atoms with Crippen LogP contribution in [-0.4, -0.2) is 44.8 Å². The number of carbonyl (C=O) groups is 1. The molecule has 2 aromatic rings. The number of hydrogen-bond acceptors (Lipinski definition) is 5. The van der Waals surface area contributed by atoms with Gasteiger partial charge in [0.05, 0.1) is 0 Å². The number of aromatic amines is 1. The molecule has 0 bridgehead atoms. The van der Waals surface area contributed by atoms with E-state index in [-0.39, 0.29) is 12.0 Å². The molecule has 23 heavy (non-hydrogen) atoms. The van der Waals surface area contributed by atoms with Gasteiger partial charge in [-0.05, 0) is 45.7 Å². The zero-order chi connectivity index (χ0) is 16.4. The molecule has 1 unspecified atom stereocenters. The Morgan fingerprint density at radius 2 is 2.30 bits per heavy atom. The smallest absolute Gasteiger partial charge is 0.410 e. The molecule has 2 aromatic heterocycles. The van der Waals surface area contributed by atoms with Crippen molar-refractivity contribution in [3.8, 4) is 11.6 Å². The van der Waals surface area contributed by atoms with Crippen LogP contribution in [0.5, 0.6) is 0 Å². The Kier molecular flexibility index (Phi) is 4.11. The van der Waals surface area contributed by atoms with E-state index in [0.29, 0.717) is 24.8 Å². The van der Waals surface area contributed by atoms with Gasteiger partial charge in [0, 0.05) is 25.2 Å². The molecule has 3 rings (SSSR count). The highest BCUT2D eigenvalue weighted by Crippen LogP contribution is 2.27. The second-order valence-corrected chi connectivity index (χ2v) is 6.81. The first-order valence-corrected chi connectivity index (χ1v) is 7.88. The van der Waals surface area contributed by atoms with E-state index in [9.17, 15) is 4.79 Å². The van der Waals surface area contributed by atoms with Gasteiger partial charge in [0.2, 0.25) is 0 Å². The summed E-state index contributed by atoms with van der Waals surface area (Å²) in [7, 11) is 0. The summed E-state index contributed by atoms with van der Waals surface area (Å²) in [5.74, 6) is 1.19. The zero-order valence-electron chi connectivity index (χ0n) is 13.7. The van der Waals surface area contributed by atoms with Crippen molar-refractivity contribution in [2.24, 2.45) is 0 Å². The average Bonchev–Trinajstić information content (AvgIpc) is 3.17. The number of piperidine rings is 1. The van der Waals surface area contributed by atoms with Crippen LogP contribution in [0.25, 0.3) is 11.6 Å². The summed E-state index contributed by atoms with van der Waals surface area (Å²) in [6.07, 6.45) is 3.36. The summed E-state index contributed by atoms with van der Waals surface area (Å²) in [5.41, 5.74) is 0.306. The molecule has 1 aliphatic heterocycles. The normalized spacial score (nSPS) is 18.9. The average molecular weight is 318 g/mol. The molecule has 7 nitrogen and oxygen atoms in total. The van der Waals surface area contributed by atoms with Crippen LogP contribution in [0.15, 0.2) is 22.9 Å². The Hall–Kier alpha value is -2.31. The predicted molar refractivity (Wildman–Crippen MR) is 83.9 cm³/mol. The maximum absolute atomic E-state index is 12.2. The summed E-state index contributed by atoms with van der Waals surface area (Å²) in [5, 5.41) is 4.08. The molecule has 1 fully saturated rings. The molecule has 0 radical (unpaired) electrons. The van der Waals surface area contributed by atoms with Gasteiger partial charge in [0.15, 0.2) is 5.82 Å². The standard InChI is InChI=1S/C16H22N4O3/c1-16(2,3)22-15(21)20-9-5-6-11(10-20)13-18-14(23-19-13)12-7-4-8-17-12/h4,7-8,11,17H,5-6,9-10H2,1-3H3. The van der Waals surface area contributed by atoms with Crippen molar-refractivity contribution in [2.45, 2.75) is 45.1 Å². The minimum Gasteiger partial charge on any atom is -0.444 e. The zero-order valence-corrected chi connectivity index (χ0v) is 13.7. The molecule has 0 aliphatic carbocycles. The van der Waals surface area contributed by atoms with Gasteiger partial charge in [-0.1, -0.05) is 5.16 Å². The topological polar surface area (TPSA) is 84.2 Å². The summed E-state index contributed by atoms with van der Waals surface area (Å²) in [6, 6.07) is 3.76. The van der Waals surface area contributed by atoms with Crippen LogP contribution in [-0.2, 0) is 4.74 Å². The lowest BCUT2D eigenvalue weighted by atomic mass is 9.98. The van der Waals surface area contributed by atoms with E-state index in [2.05, 4.69) is 15.1 Å². The molecule has 7 heteroatoms. The molecule has 1 N–H and O–H groups in total. The van der Waals surface area contributed by atoms with Crippen molar-refractivity contribution in [2.75, 3.05) is 13.1 Å². The second kappa shape index (κ2) is 6.06. The quantitative estimate of drug-likeness (QED) is 0.919. The fraction of sp³-hybridized carbons (Fsp3) is 0.562. The first kappa shape index (κ1) is 15.6. The fourth-order valence-electron chi connectivity index (χ4n) is 2.65. The van der Waals surface area contributed by atoms with E-state index >= 15 is 0 Å². The Balaban J connectivity index is 1.68. The molecule has 1 aliphatic rings. The molecular formula is C16H22N4O3. The number of nitrogens with one attached hydrogen (secondary N) is 1. The molecule has 3 heterocycles. The van der Waals surface area contributed by atoms with Gasteiger partial charge in [-0.3, -0.25) is 0 Å². The van der Waals surface area contributed by atoms with Gasteiger partial charge < -0.3 is 19.1 Å². The van der Waals surface area contributed by atoms with E-state index in [0.717, 1.165) is 18.5 Å². The van der Waals surface area contributed by atoms with Crippen molar-refractivity contribution in [1.29, 1.82) is 0 Å². The van der Waals surface area contributed by atoms with Crippen LogP contribution >= 0.6 is 0 Å². The third kappa shape index (κ3) is 3.72. The predicted octanol–water partition coefficient (Wildman–Crippen LogP) is 3.18. The van der Waals surface area contributed by atoms with Crippen molar-refractivity contribution in [3.05, 3.63) is 24.2 Å². The number of carbonyl (C=O) groups excluding carboxylic acids is 1. The lowest BCUT2D eigenvalue weighted by Gasteiger charge is -2.32. The SMILES string of the molecule is CC(C)(C)OC(=O)N1CCCC(c2noc(-c3ccc[nH]3)n2)C1. The van der Waals surface area contributed by atoms with Crippen LogP contribution in [0.1, 0.15) is 45.4 Å². The second-order valence-electron chi connectivity index (χ2n) is 6.81. The first-order valence-electron chi connectivity index (χ1n) is 7.88. The molecule has 0 saturated carbocycles. The summed E-state index contributed by atoms with van der Waals surface area (Å²) in [6.45, 7) is 6.86. The van der Waals surface area contributed by atoms with Crippen LogP contribution in [0, 0.1) is 0 Å². The van der Waals surface area contributed by atoms with Crippen molar-refractivity contribution < 1.29 is 14.1 Å². The van der Waals surface area contributed by atoms with Crippen molar-refractivity contribution in [1.82, 2.24) is 20.0 Å². The third-order valence-electron chi connectivity index (χ3n) is 3.71. The number of nitrogens with zero attached hydrogens (tertiary/aromatic N) is 3. The lowest BCUT2D eigenvalue weighted by molar-refractivity contribution is 0.0195. The van der Waals surface area contributed by atoms with E-state index in [1.54, 1.807) is 4.90 Å². The van der Waals surface area contributed by atoms with E-state index in [1.807, 2.05) is 39.1 Å². The Morgan fingerprint density at radius 3 is 3.00 bits per heavy atom. The molecule has 1 saturated heterocycles. The minimum atomic E-state index is -0.489. The number of aromatic nitrogens is 3. The van der Waals surface area contributed by atoms with Gasteiger partial charge in [-0.2, -0.15) is 4.98 Å². The molecule has 124 valence electrons. The Bertz CT molecular complexity index is 657. The number of amides is 1. The van der Waals surface area contributed by atoms with Crippen LogP contribution in [0.4, 0.5) is 4.79 Å². The van der Waals surface area contributed by atoms with Gasteiger partial charge in [0.1, 0.15) is 11.3 Å². The highest BCUT2D eigenvalue weighted by Gasteiger charge is 2.30.